The maximum atomic E-state index is 6.19. The number of methoxy groups -OCH3 is 2. The van der Waals surface area contributed by atoms with Gasteiger partial charge in [0.25, 0.3) is 0 Å². The van der Waals surface area contributed by atoms with Crippen LogP contribution in [0.2, 0.25) is 0 Å². The van der Waals surface area contributed by atoms with Crippen molar-refractivity contribution in [3.8, 4) is 22.2 Å². The van der Waals surface area contributed by atoms with Gasteiger partial charge in [0.15, 0.2) is 11.5 Å². The van der Waals surface area contributed by atoms with Gasteiger partial charge < -0.3 is 14.2 Å². The molecule has 4 rings (SSSR count). The van der Waals surface area contributed by atoms with Gasteiger partial charge in [-0.3, -0.25) is 4.57 Å². The van der Waals surface area contributed by atoms with Crippen molar-refractivity contribution < 1.29 is 14.2 Å². The zero-order chi connectivity index (χ0) is 19.7. The van der Waals surface area contributed by atoms with Gasteiger partial charge in [-0.05, 0) is 25.0 Å². The van der Waals surface area contributed by atoms with E-state index in [0.717, 1.165) is 21.8 Å². The number of aromatic nitrogens is 2. The van der Waals surface area contributed by atoms with Crippen molar-refractivity contribution >= 4 is 22.4 Å². The average molecular weight is 394 g/mol. The highest BCUT2D eigenvalue weighted by atomic mass is 32.1. The Bertz CT molecular complexity index is 1120. The zero-order valence-corrected chi connectivity index (χ0v) is 17.1. The summed E-state index contributed by atoms with van der Waals surface area (Å²) in [6.45, 7) is 4.18. The molecule has 0 fully saturated rings. The summed E-state index contributed by atoms with van der Waals surface area (Å²) in [4.78, 5) is 4.50. The Labute approximate surface area is 168 Å². The van der Waals surface area contributed by atoms with Gasteiger partial charge in [-0.2, -0.15) is 0 Å². The van der Waals surface area contributed by atoms with Crippen molar-refractivity contribution in [2.45, 2.75) is 20.0 Å². The lowest BCUT2D eigenvalue weighted by Crippen LogP contribution is -2.04. The molecule has 0 bridgehead atoms. The number of imidazole rings is 1. The third-order valence-corrected chi connectivity index (χ3v) is 5.70. The molecule has 144 valence electrons. The first-order valence-electron chi connectivity index (χ1n) is 9.01. The van der Waals surface area contributed by atoms with Gasteiger partial charge in [0.1, 0.15) is 23.2 Å². The fraction of sp³-hybridized carbons (Fsp3) is 0.227. The van der Waals surface area contributed by atoms with Gasteiger partial charge in [0, 0.05) is 23.6 Å². The highest BCUT2D eigenvalue weighted by Gasteiger charge is 2.15. The molecule has 2 heterocycles. The molecule has 1 atom stereocenters. The molecule has 0 radical (unpaired) electrons. The predicted molar refractivity (Wildman–Crippen MR) is 112 cm³/mol. The van der Waals surface area contributed by atoms with E-state index in [1.807, 2.05) is 46.6 Å². The van der Waals surface area contributed by atoms with Crippen LogP contribution in [0, 0.1) is 6.92 Å². The summed E-state index contributed by atoms with van der Waals surface area (Å²) in [5.41, 5.74) is 4.23. The summed E-state index contributed by atoms with van der Waals surface area (Å²) in [5.74, 6) is 2.19. The van der Waals surface area contributed by atoms with E-state index >= 15 is 0 Å². The van der Waals surface area contributed by atoms with Crippen LogP contribution in [0.5, 0.6) is 17.2 Å². The van der Waals surface area contributed by atoms with Crippen LogP contribution in [0.15, 0.2) is 54.2 Å². The molecular formula is C22H22N2O3S. The smallest absolute Gasteiger partial charge is 0.163 e. The first kappa shape index (κ1) is 18.4. The fourth-order valence-corrected chi connectivity index (χ4v) is 4.12. The first-order valence-corrected chi connectivity index (χ1v) is 9.89. The lowest BCUT2D eigenvalue weighted by Gasteiger charge is -2.15. The van der Waals surface area contributed by atoms with Gasteiger partial charge in [-0.25, -0.2) is 4.98 Å². The second kappa shape index (κ2) is 7.56. The van der Waals surface area contributed by atoms with Crippen molar-refractivity contribution in [1.29, 1.82) is 0 Å². The number of hydrogen-bond donors (Lipinski definition) is 0. The van der Waals surface area contributed by atoms with Crippen LogP contribution in [0.1, 0.15) is 24.2 Å². The third kappa shape index (κ3) is 3.31. The van der Waals surface area contributed by atoms with Crippen molar-refractivity contribution in [2.24, 2.45) is 0 Å². The Morgan fingerprint density at radius 1 is 1.04 bits per heavy atom. The highest BCUT2D eigenvalue weighted by Crippen LogP contribution is 2.35. The molecule has 2 aromatic carbocycles. The molecule has 1 unspecified atom stereocenters. The summed E-state index contributed by atoms with van der Waals surface area (Å²) in [5, 5.41) is 3.05. The molecule has 0 spiro atoms. The lowest BCUT2D eigenvalue weighted by atomic mass is 10.0. The number of hydrogen-bond acceptors (Lipinski definition) is 5. The topological polar surface area (TPSA) is 45.5 Å². The van der Waals surface area contributed by atoms with Gasteiger partial charge in [0.05, 0.1) is 25.3 Å². The van der Waals surface area contributed by atoms with Crippen molar-refractivity contribution in [3.05, 3.63) is 65.3 Å². The summed E-state index contributed by atoms with van der Waals surface area (Å²) in [7, 11) is 3.26. The number of thiophene rings is 1. The van der Waals surface area contributed by atoms with Crippen LogP contribution in [0.25, 0.3) is 16.0 Å². The molecule has 28 heavy (non-hydrogen) atoms. The van der Waals surface area contributed by atoms with Gasteiger partial charge in [-0.1, -0.05) is 24.3 Å². The number of rotatable bonds is 6. The van der Waals surface area contributed by atoms with Crippen LogP contribution in [-0.4, -0.2) is 23.8 Å². The number of benzene rings is 2. The minimum Gasteiger partial charge on any atom is -0.493 e. The minimum absolute atomic E-state index is 0.0208. The van der Waals surface area contributed by atoms with E-state index in [-0.39, 0.29) is 6.10 Å². The Morgan fingerprint density at radius 2 is 1.79 bits per heavy atom. The lowest BCUT2D eigenvalue weighted by molar-refractivity contribution is 0.227. The Balaban J connectivity index is 1.63. The first-order chi connectivity index (χ1) is 13.6. The van der Waals surface area contributed by atoms with Crippen LogP contribution >= 0.6 is 11.3 Å². The molecule has 0 amide bonds. The largest absolute Gasteiger partial charge is 0.493 e. The van der Waals surface area contributed by atoms with E-state index in [1.54, 1.807) is 25.6 Å². The van der Waals surface area contributed by atoms with Crippen molar-refractivity contribution in [1.82, 2.24) is 9.55 Å². The second-order valence-corrected chi connectivity index (χ2v) is 7.44. The maximum Gasteiger partial charge on any atom is 0.163 e. The summed E-state index contributed by atoms with van der Waals surface area (Å²) >= 11 is 1.61. The number of fused-ring (bicyclic) bond motifs is 1. The molecule has 0 saturated heterocycles. The van der Waals surface area contributed by atoms with Crippen molar-refractivity contribution in [2.75, 3.05) is 14.2 Å². The summed E-state index contributed by atoms with van der Waals surface area (Å²) in [6, 6.07) is 14.2. The Morgan fingerprint density at radius 3 is 2.54 bits per heavy atom. The maximum absolute atomic E-state index is 6.19. The minimum atomic E-state index is -0.0208. The molecule has 6 heteroatoms. The molecule has 0 aliphatic heterocycles. The van der Waals surface area contributed by atoms with E-state index in [1.165, 1.54) is 11.1 Å². The standard InChI is InChI=1S/C22H22N2O3S/c1-14-7-5-6-8-17(14)15(2)27-16-9-22(28-12-16)24-13-23-18-10-20(25-3)21(26-4)11-19(18)24/h5-13,15H,1-4H3. The number of nitrogens with zero attached hydrogens (tertiary/aromatic N) is 2. The van der Waals surface area contributed by atoms with Gasteiger partial charge in [-0.15, -0.1) is 11.3 Å². The molecule has 2 aromatic heterocycles. The van der Waals surface area contributed by atoms with Crippen LogP contribution < -0.4 is 14.2 Å². The normalized spacial score (nSPS) is 12.1. The zero-order valence-electron chi connectivity index (χ0n) is 16.3. The van der Waals surface area contributed by atoms with E-state index < -0.39 is 0 Å². The Kier molecular flexibility index (Phi) is 4.96. The van der Waals surface area contributed by atoms with Crippen molar-refractivity contribution in [3.63, 3.8) is 0 Å². The SMILES string of the molecule is COc1cc2ncn(-c3cc(OC(C)c4ccccc4C)cs3)c2cc1OC. The summed E-state index contributed by atoms with van der Waals surface area (Å²) < 4.78 is 19.0. The monoisotopic (exact) mass is 394 g/mol. The molecule has 5 nitrogen and oxygen atoms in total. The van der Waals surface area contributed by atoms with Crippen LogP contribution in [-0.2, 0) is 0 Å². The Hall–Kier alpha value is -2.99. The van der Waals surface area contributed by atoms with E-state index in [4.69, 9.17) is 14.2 Å². The second-order valence-electron chi connectivity index (χ2n) is 6.55. The van der Waals surface area contributed by atoms with E-state index in [9.17, 15) is 0 Å². The molecule has 0 aliphatic rings. The molecule has 4 aromatic rings. The fourth-order valence-electron chi connectivity index (χ4n) is 3.32. The quantitative estimate of drug-likeness (QED) is 0.430. The molecule has 0 saturated carbocycles. The molecule has 0 aliphatic carbocycles. The van der Waals surface area contributed by atoms with Crippen LogP contribution in [0.3, 0.4) is 0 Å². The van der Waals surface area contributed by atoms with E-state index in [0.29, 0.717) is 11.5 Å². The predicted octanol–water partition coefficient (Wildman–Crippen LogP) is 5.55. The number of ether oxygens (including phenoxy) is 3. The van der Waals surface area contributed by atoms with Crippen LogP contribution in [0.4, 0.5) is 0 Å². The average Bonchev–Trinajstić information content (AvgIpc) is 3.33. The van der Waals surface area contributed by atoms with Gasteiger partial charge in [0.2, 0.25) is 0 Å². The molecule has 0 N–H and O–H groups in total. The van der Waals surface area contributed by atoms with E-state index in [2.05, 4.69) is 31.0 Å². The summed E-state index contributed by atoms with van der Waals surface area (Å²) in [6.07, 6.45) is 1.79. The van der Waals surface area contributed by atoms with Gasteiger partial charge >= 0.3 is 0 Å². The highest BCUT2D eigenvalue weighted by molar-refractivity contribution is 7.12. The molecular weight excluding hydrogens is 372 g/mol. The third-order valence-electron chi connectivity index (χ3n) is 4.79. The number of aryl methyl sites for hydroxylation is 1.